The van der Waals surface area contributed by atoms with E-state index in [0.717, 1.165) is 5.56 Å². The van der Waals surface area contributed by atoms with Gasteiger partial charge in [-0.2, -0.15) is 5.10 Å². The Bertz CT molecular complexity index is 1070. The molecular formula is C18H18Cl2N4O3. The van der Waals surface area contributed by atoms with Crippen molar-refractivity contribution >= 4 is 45.8 Å². The van der Waals surface area contributed by atoms with Crippen molar-refractivity contribution in [3.63, 3.8) is 0 Å². The van der Waals surface area contributed by atoms with Crippen molar-refractivity contribution in [2.45, 2.75) is 20.4 Å². The Balaban J connectivity index is 1.72. The Morgan fingerprint density at radius 2 is 2.00 bits per heavy atom. The van der Waals surface area contributed by atoms with E-state index in [4.69, 9.17) is 27.6 Å². The van der Waals surface area contributed by atoms with Crippen LogP contribution in [0.4, 0.5) is 5.88 Å². The smallest absolute Gasteiger partial charge is 0.277 e. The molecule has 2 N–H and O–H groups in total. The first-order chi connectivity index (χ1) is 12.8. The zero-order valence-corrected chi connectivity index (χ0v) is 16.5. The van der Waals surface area contributed by atoms with Gasteiger partial charge in [0.05, 0.1) is 27.7 Å². The van der Waals surface area contributed by atoms with Gasteiger partial charge in [-0.05, 0) is 38.6 Å². The molecule has 0 atom stereocenters. The van der Waals surface area contributed by atoms with E-state index < -0.39 is 5.56 Å². The molecule has 0 radical (unpaired) electrons. The van der Waals surface area contributed by atoms with Gasteiger partial charge in [0.2, 0.25) is 11.8 Å². The maximum Gasteiger partial charge on any atom is 0.277 e. The molecule has 3 rings (SSSR count). The summed E-state index contributed by atoms with van der Waals surface area (Å²) in [6.45, 7) is 4.09. The minimum absolute atomic E-state index is 0.101. The molecule has 0 aliphatic heterocycles. The Labute approximate surface area is 165 Å². The third-order valence-electron chi connectivity index (χ3n) is 4.10. The SMILES string of the molecule is Cc1n[nH]c(=O)c2c(NC(=O)CN(C)Cc3ccc(Cl)c(Cl)c3)oc(C)c12. The van der Waals surface area contributed by atoms with E-state index in [9.17, 15) is 9.59 Å². The summed E-state index contributed by atoms with van der Waals surface area (Å²) in [5.41, 5.74) is 1.15. The minimum Gasteiger partial charge on any atom is -0.444 e. The molecule has 0 bridgehead atoms. The van der Waals surface area contributed by atoms with Crippen LogP contribution in [-0.4, -0.2) is 34.6 Å². The van der Waals surface area contributed by atoms with Gasteiger partial charge in [0, 0.05) is 6.54 Å². The van der Waals surface area contributed by atoms with Crippen LogP contribution in [-0.2, 0) is 11.3 Å². The lowest BCUT2D eigenvalue weighted by atomic mass is 10.2. The van der Waals surface area contributed by atoms with Gasteiger partial charge in [-0.1, -0.05) is 29.3 Å². The fourth-order valence-corrected chi connectivity index (χ4v) is 3.27. The van der Waals surface area contributed by atoms with Crippen molar-refractivity contribution in [3.05, 3.63) is 55.6 Å². The number of aromatic amines is 1. The Hall–Kier alpha value is -2.35. The number of aromatic nitrogens is 2. The lowest BCUT2D eigenvalue weighted by molar-refractivity contribution is -0.117. The fraction of sp³-hybridized carbons (Fsp3) is 0.278. The highest BCUT2D eigenvalue weighted by atomic mass is 35.5. The summed E-state index contributed by atoms with van der Waals surface area (Å²) in [4.78, 5) is 26.3. The minimum atomic E-state index is -0.410. The number of rotatable bonds is 5. The predicted molar refractivity (Wildman–Crippen MR) is 106 cm³/mol. The van der Waals surface area contributed by atoms with Crippen LogP contribution < -0.4 is 10.9 Å². The van der Waals surface area contributed by atoms with E-state index in [0.29, 0.717) is 38.8 Å². The highest BCUT2D eigenvalue weighted by Gasteiger charge is 2.19. The van der Waals surface area contributed by atoms with Crippen LogP contribution in [0.25, 0.3) is 10.8 Å². The normalized spacial score (nSPS) is 11.3. The lowest BCUT2D eigenvalue weighted by Gasteiger charge is -2.16. The number of likely N-dealkylation sites (N-methyl/N-ethyl adjacent to an activating group) is 1. The van der Waals surface area contributed by atoms with E-state index in [1.165, 1.54) is 0 Å². The first-order valence-electron chi connectivity index (χ1n) is 8.17. The van der Waals surface area contributed by atoms with Crippen LogP contribution in [0.15, 0.2) is 27.4 Å². The molecule has 0 saturated heterocycles. The highest BCUT2D eigenvalue weighted by Crippen LogP contribution is 2.28. The molecule has 0 aliphatic carbocycles. The monoisotopic (exact) mass is 408 g/mol. The van der Waals surface area contributed by atoms with Crippen molar-refractivity contribution in [2.24, 2.45) is 0 Å². The number of H-pyrrole nitrogens is 1. The second-order valence-corrected chi connectivity index (χ2v) is 7.16. The molecule has 0 unspecified atom stereocenters. The third-order valence-corrected chi connectivity index (χ3v) is 4.84. The molecule has 3 aromatic rings. The highest BCUT2D eigenvalue weighted by molar-refractivity contribution is 6.42. The van der Waals surface area contributed by atoms with E-state index in [1.807, 2.05) is 11.0 Å². The third kappa shape index (κ3) is 4.16. The zero-order chi connectivity index (χ0) is 19.7. The Kier molecular flexibility index (Phi) is 5.55. The Morgan fingerprint density at radius 1 is 1.26 bits per heavy atom. The quantitative estimate of drug-likeness (QED) is 0.673. The second kappa shape index (κ2) is 7.72. The van der Waals surface area contributed by atoms with Gasteiger partial charge in [0.25, 0.3) is 5.56 Å². The van der Waals surface area contributed by atoms with E-state index in [2.05, 4.69) is 15.5 Å². The van der Waals surface area contributed by atoms with Gasteiger partial charge in [-0.3, -0.25) is 19.8 Å². The summed E-state index contributed by atoms with van der Waals surface area (Å²) >= 11 is 11.9. The van der Waals surface area contributed by atoms with Crippen LogP contribution in [0.1, 0.15) is 17.0 Å². The molecule has 0 saturated carbocycles. The van der Waals surface area contributed by atoms with Crippen LogP contribution in [0.2, 0.25) is 10.0 Å². The molecule has 2 aromatic heterocycles. The molecule has 0 spiro atoms. The standard InChI is InChI=1S/C18H18Cl2N4O3/c1-9-15-10(2)27-18(16(15)17(26)23-22-9)21-14(25)8-24(3)7-11-4-5-12(19)13(20)6-11/h4-6H,7-8H2,1-3H3,(H,21,25)(H,23,26). The fourth-order valence-electron chi connectivity index (χ4n) is 2.95. The number of nitrogens with one attached hydrogen (secondary N) is 2. The molecule has 1 aromatic carbocycles. The molecule has 27 heavy (non-hydrogen) atoms. The van der Waals surface area contributed by atoms with E-state index in [1.54, 1.807) is 33.0 Å². The average Bonchev–Trinajstić information content (AvgIpc) is 2.91. The zero-order valence-electron chi connectivity index (χ0n) is 15.0. The molecule has 2 heterocycles. The van der Waals surface area contributed by atoms with Crippen molar-refractivity contribution in [3.8, 4) is 0 Å². The summed E-state index contributed by atoms with van der Waals surface area (Å²) in [5, 5.41) is 10.9. The van der Waals surface area contributed by atoms with Crippen molar-refractivity contribution in [2.75, 3.05) is 18.9 Å². The van der Waals surface area contributed by atoms with Gasteiger partial charge in [-0.25, -0.2) is 5.10 Å². The number of fused-ring (bicyclic) bond motifs is 1. The van der Waals surface area contributed by atoms with Gasteiger partial charge in [-0.15, -0.1) is 0 Å². The molecule has 9 heteroatoms. The number of nitrogens with zero attached hydrogens (tertiary/aromatic N) is 2. The number of hydrogen-bond acceptors (Lipinski definition) is 5. The van der Waals surface area contributed by atoms with Crippen LogP contribution in [0.3, 0.4) is 0 Å². The van der Waals surface area contributed by atoms with Gasteiger partial charge < -0.3 is 4.42 Å². The van der Waals surface area contributed by atoms with Gasteiger partial charge in [0.15, 0.2) is 0 Å². The number of anilines is 1. The lowest BCUT2D eigenvalue weighted by Crippen LogP contribution is -2.30. The average molecular weight is 409 g/mol. The number of carbonyl (C=O) groups is 1. The maximum absolute atomic E-state index is 12.4. The number of hydrogen-bond donors (Lipinski definition) is 2. The number of benzene rings is 1. The second-order valence-electron chi connectivity index (χ2n) is 6.34. The number of furan rings is 1. The largest absolute Gasteiger partial charge is 0.444 e. The Morgan fingerprint density at radius 3 is 2.70 bits per heavy atom. The number of halogens is 2. The summed E-state index contributed by atoms with van der Waals surface area (Å²) in [6, 6.07) is 5.33. The van der Waals surface area contributed by atoms with Crippen molar-refractivity contribution < 1.29 is 9.21 Å². The van der Waals surface area contributed by atoms with Gasteiger partial charge >= 0.3 is 0 Å². The molecule has 0 fully saturated rings. The summed E-state index contributed by atoms with van der Waals surface area (Å²) in [5.74, 6) is 0.352. The van der Waals surface area contributed by atoms with Gasteiger partial charge in [0.1, 0.15) is 11.1 Å². The number of aryl methyl sites for hydroxylation is 2. The molecule has 7 nitrogen and oxygen atoms in total. The topological polar surface area (TPSA) is 91.2 Å². The first kappa shape index (κ1) is 19.4. The molecule has 1 amide bonds. The first-order valence-corrected chi connectivity index (χ1v) is 8.92. The van der Waals surface area contributed by atoms with E-state index in [-0.39, 0.29) is 18.3 Å². The predicted octanol–water partition coefficient (Wildman–Crippen LogP) is 3.51. The van der Waals surface area contributed by atoms with Crippen LogP contribution >= 0.6 is 23.2 Å². The maximum atomic E-state index is 12.4. The van der Waals surface area contributed by atoms with Crippen LogP contribution in [0, 0.1) is 13.8 Å². The molecule has 142 valence electrons. The van der Waals surface area contributed by atoms with Crippen molar-refractivity contribution in [1.29, 1.82) is 0 Å². The summed E-state index contributed by atoms with van der Waals surface area (Å²) in [6.07, 6.45) is 0. The van der Waals surface area contributed by atoms with Crippen LogP contribution in [0.5, 0.6) is 0 Å². The summed E-state index contributed by atoms with van der Waals surface area (Å²) < 4.78 is 5.58. The number of carbonyl (C=O) groups excluding carboxylic acids is 1. The van der Waals surface area contributed by atoms with E-state index >= 15 is 0 Å². The molecule has 0 aliphatic rings. The summed E-state index contributed by atoms with van der Waals surface area (Å²) in [7, 11) is 1.80. The number of amides is 1. The molecular weight excluding hydrogens is 391 g/mol. The van der Waals surface area contributed by atoms with Crippen molar-refractivity contribution in [1.82, 2.24) is 15.1 Å².